The van der Waals surface area contributed by atoms with Gasteiger partial charge in [-0.05, 0) is 48.6 Å². The second kappa shape index (κ2) is 15.7. The number of rotatable bonds is 6. The molecule has 0 unspecified atom stereocenters. The molecular weight excluding hydrogens is 593 g/mol. The van der Waals surface area contributed by atoms with Crippen LogP contribution in [0.5, 0.6) is 5.75 Å². The third-order valence-corrected chi connectivity index (χ3v) is 7.86. The lowest BCUT2D eigenvalue weighted by atomic mass is 9.84. The SMILES string of the molecule is CC(C)[C@@H]1NC(=O)C[C@@H](C(=O)NCC(C)(C)c2ccc(F)cc2)NC(=O)c2ccccc2OC[C@H](C)NC(=O)[C@@H](C(C)C)NC1=O. The molecular formula is C34H46FN5O6. The first kappa shape index (κ1) is 36.0. The summed E-state index contributed by atoms with van der Waals surface area (Å²) in [5, 5.41) is 13.8. The topological polar surface area (TPSA) is 155 Å². The Labute approximate surface area is 269 Å². The van der Waals surface area contributed by atoms with Gasteiger partial charge < -0.3 is 31.3 Å². The normalized spacial score (nSPS) is 22.0. The van der Waals surface area contributed by atoms with Gasteiger partial charge in [0, 0.05) is 12.0 Å². The van der Waals surface area contributed by atoms with Gasteiger partial charge in [-0.1, -0.05) is 65.8 Å². The zero-order valence-electron chi connectivity index (χ0n) is 27.5. The van der Waals surface area contributed by atoms with Gasteiger partial charge in [0.2, 0.25) is 23.6 Å². The highest BCUT2D eigenvalue weighted by Gasteiger charge is 2.33. The standard InChI is InChI=1S/C34H46FN5O6/c1-19(2)28-33(45)40-29(20(3)4)32(44)37-21(5)17-46-26-11-9-8-10-24(26)30(42)38-25(16-27(41)39-28)31(43)36-18-34(6,7)22-12-14-23(35)15-13-22/h8-15,19-21,25,28-29H,16-18H2,1-7H3,(H,36,43)(H,37,44)(H,38,42)(H,39,41)(H,40,45)/t21-,25-,28-,29+/m0/s1. The molecule has 46 heavy (non-hydrogen) atoms. The zero-order valence-corrected chi connectivity index (χ0v) is 27.5. The first-order valence-electron chi connectivity index (χ1n) is 15.6. The molecule has 1 aliphatic rings. The fourth-order valence-corrected chi connectivity index (χ4v) is 4.98. The summed E-state index contributed by atoms with van der Waals surface area (Å²) in [6.45, 7) is 12.7. The number of para-hydroxylation sites is 1. The first-order valence-corrected chi connectivity index (χ1v) is 15.6. The quantitative estimate of drug-likeness (QED) is 0.328. The van der Waals surface area contributed by atoms with Crippen molar-refractivity contribution in [2.75, 3.05) is 13.2 Å². The first-order chi connectivity index (χ1) is 21.6. The van der Waals surface area contributed by atoms with E-state index in [1.165, 1.54) is 18.2 Å². The molecule has 3 rings (SSSR count). The van der Waals surface area contributed by atoms with Crippen molar-refractivity contribution in [2.45, 2.75) is 84.5 Å². The van der Waals surface area contributed by atoms with Crippen LogP contribution in [-0.4, -0.2) is 66.9 Å². The fraction of sp³-hybridized carbons (Fsp3) is 0.500. The summed E-state index contributed by atoms with van der Waals surface area (Å²) in [4.78, 5) is 67.0. The van der Waals surface area contributed by atoms with E-state index in [-0.39, 0.29) is 42.1 Å². The molecule has 0 spiro atoms. The molecule has 0 saturated heterocycles. The summed E-state index contributed by atoms with van der Waals surface area (Å²) in [6.07, 6.45) is -0.473. The number of amides is 5. The van der Waals surface area contributed by atoms with E-state index < -0.39 is 65.5 Å². The van der Waals surface area contributed by atoms with Crippen molar-refractivity contribution in [3.63, 3.8) is 0 Å². The smallest absolute Gasteiger partial charge is 0.255 e. The van der Waals surface area contributed by atoms with E-state index in [0.29, 0.717) is 0 Å². The van der Waals surface area contributed by atoms with Crippen molar-refractivity contribution in [3.8, 4) is 5.75 Å². The van der Waals surface area contributed by atoms with Gasteiger partial charge in [0.05, 0.1) is 18.0 Å². The molecule has 250 valence electrons. The Kier molecular flexibility index (Phi) is 12.3. The molecule has 5 N–H and O–H groups in total. The van der Waals surface area contributed by atoms with E-state index in [0.717, 1.165) is 5.56 Å². The summed E-state index contributed by atoms with van der Waals surface area (Å²) in [7, 11) is 0. The van der Waals surface area contributed by atoms with E-state index in [1.807, 2.05) is 13.8 Å². The summed E-state index contributed by atoms with van der Waals surface area (Å²) >= 11 is 0. The van der Waals surface area contributed by atoms with Crippen molar-refractivity contribution in [2.24, 2.45) is 11.8 Å². The van der Waals surface area contributed by atoms with E-state index in [9.17, 15) is 28.4 Å². The van der Waals surface area contributed by atoms with E-state index in [4.69, 9.17) is 4.74 Å². The van der Waals surface area contributed by atoms with Gasteiger partial charge in [-0.3, -0.25) is 24.0 Å². The van der Waals surface area contributed by atoms with Crippen LogP contribution < -0.4 is 31.3 Å². The highest BCUT2D eigenvalue weighted by molar-refractivity contribution is 6.01. The third kappa shape index (κ3) is 9.76. The van der Waals surface area contributed by atoms with Gasteiger partial charge >= 0.3 is 0 Å². The average Bonchev–Trinajstić information content (AvgIpc) is 2.99. The van der Waals surface area contributed by atoms with Crippen LogP contribution in [0.1, 0.15) is 70.8 Å². The summed E-state index contributed by atoms with van der Waals surface area (Å²) in [5.41, 5.74) is 0.304. The fourth-order valence-electron chi connectivity index (χ4n) is 4.98. The van der Waals surface area contributed by atoms with Crippen molar-refractivity contribution in [3.05, 3.63) is 65.5 Å². The molecule has 4 atom stereocenters. The Morgan fingerprint density at radius 1 is 0.891 bits per heavy atom. The predicted molar refractivity (Wildman–Crippen MR) is 171 cm³/mol. The lowest BCUT2D eigenvalue weighted by Crippen LogP contribution is -2.58. The number of nitrogens with one attached hydrogen (secondary N) is 5. The maximum atomic E-state index is 13.6. The molecule has 12 heteroatoms. The Hall–Kier alpha value is -4.48. The number of fused-ring (bicyclic) bond motifs is 1. The van der Waals surface area contributed by atoms with Gasteiger partial charge in [-0.25, -0.2) is 4.39 Å². The summed E-state index contributed by atoms with van der Waals surface area (Å²) in [6, 6.07) is 8.68. The number of hydrogen-bond acceptors (Lipinski definition) is 6. The molecule has 0 bridgehead atoms. The number of hydrogen-bond donors (Lipinski definition) is 5. The summed E-state index contributed by atoms with van der Waals surface area (Å²) in [5.74, 6) is -3.68. The molecule has 2 aromatic rings. The monoisotopic (exact) mass is 639 g/mol. The highest BCUT2D eigenvalue weighted by atomic mass is 19.1. The lowest BCUT2D eigenvalue weighted by Gasteiger charge is -2.28. The molecule has 0 radical (unpaired) electrons. The number of ether oxygens (including phenoxy) is 1. The second-order valence-electron chi connectivity index (χ2n) is 13.1. The Morgan fingerprint density at radius 3 is 2.11 bits per heavy atom. The maximum Gasteiger partial charge on any atom is 0.255 e. The second-order valence-corrected chi connectivity index (χ2v) is 13.1. The Morgan fingerprint density at radius 2 is 1.48 bits per heavy atom. The number of carbonyl (C=O) groups excluding carboxylic acids is 5. The molecule has 11 nitrogen and oxygen atoms in total. The van der Waals surface area contributed by atoms with Crippen LogP contribution in [0.25, 0.3) is 0 Å². The van der Waals surface area contributed by atoms with Crippen LogP contribution in [0.2, 0.25) is 0 Å². The molecule has 1 heterocycles. The largest absolute Gasteiger partial charge is 0.491 e. The van der Waals surface area contributed by atoms with E-state index in [1.54, 1.807) is 65.0 Å². The van der Waals surface area contributed by atoms with Crippen LogP contribution >= 0.6 is 0 Å². The van der Waals surface area contributed by atoms with Gasteiger partial charge in [-0.15, -0.1) is 0 Å². The van der Waals surface area contributed by atoms with Gasteiger partial charge in [0.25, 0.3) is 5.91 Å². The van der Waals surface area contributed by atoms with E-state index >= 15 is 0 Å². The molecule has 2 aromatic carbocycles. The van der Waals surface area contributed by atoms with Crippen LogP contribution in [0.3, 0.4) is 0 Å². The number of carbonyl (C=O) groups is 5. The third-order valence-electron chi connectivity index (χ3n) is 7.86. The minimum absolute atomic E-state index is 0.0197. The highest BCUT2D eigenvalue weighted by Crippen LogP contribution is 2.23. The average molecular weight is 640 g/mol. The van der Waals surface area contributed by atoms with Crippen LogP contribution in [-0.2, 0) is 24.6 Å². The van der Waals surface area contributed by atoms with Crippen molar-refractivity contribution in [1.29, 1.82) is 0 Å². The Balaban J connectivity index is 1.94. The molecule has 0 aromatic heterocycles. The van der Waals surface area contributed by atoms with Gasteiger partial charge in [0.15, 0.2) is 0 Å². The molecule has 0 saturated carbocycles. The molecule has 5 amide bonds. The zero-order chi connectivity index (χ0) is 34.2. The molecule has 0 fully saturated rings. The summed E-state index contributed by atoms with van der Waals surface area (Å²) < 4.78 is 19.4. The minimum Gasteiger partial charge on any atom is -0.491 e. The Bertz CT molecular complexity index is 1410. The predicted octanol–water partition coefficient (Wildman–Crippen LogP) is 2.59. The van der Waals surface area contributed by atoms with Crippen LogP contribution in [0, 0.1) is 17.7 Å². The number of benzene rings is 2. The van der Waals surface area contributed by atoms with Crippen molar-refractivity contribution >= 4 is 29.5 Å². The van der Waals surface area contributed by atoms with Crippen LogP contribution in [0.4, 0.5) is 4.39 Å². The minimum atomic E-state index is -1.32. The van der Waals surface area contributed by atoms with Crippen molar-refractivity contribution in [1.82, 2.24) is 26.6 Å². The molecule has 0 aliphatic carbocycles. The number of halogens is 1. The van der Waals surface area contributed by atoms with Crippen LogP contribution in [0.15, 0.2) is 48.5 Å². The maximum absolute atomic E-state index is 13.6. The van der Waals surface area contributed by atoms with Crippen molar-refractivity contribution < 1.29 is 33.1 Å². The molecule has 1 aliphatic heterocycles. The van der Waals surface area contributed by atoms with Gasteiger partial charge in [0.1, 0.15) is 36.3 Å². The van der Waals surface area contributed by atoms with Gasteiger partial charge in [-0.2, -0.15) is 0 Å². The van der Waals surface area contributed by atoms with E-state index in [2.05, 4.69) is 26.6 Å². The lowest BCUT2D eigenvalue weighted by molar-refractivity contribution is -0.134.